The second-order valence-corrected chi connectivity index (χ2v) is 5.73. The molecule has 0 atom stereocenters. The summed E-state index contributed by atoms with van der Waals surface area (Å²) >= 11 is 1.37. The van der Waals surface area contributed by atoms with Crippen LogP contribution in [-0.2, 0) is 0 Å². The minimum atomic E-state index is -0.403. The lowest BCUT2D eigenvalue weighted by Crippen LogP contribution is -2.30. The molecule has 0 radical (unpaired) electrons. The van der Waals surface area contributed by atoms with Gasteiger partial charge in [-0.2, -0.15) is 4.98 Å². The van der Waals surface area contributed by atoms with E-state index in [2.05, 4.69) is 20.8 Å². The summed E-state index contributed by atoms with van der Waals surface area (Å²) in [4.78, 5) is 20.7. The molecule has 0 aliphatic heterocycles. The average molecular weight is 356 g/mol. The molecule has 0 aliphatic rings. The van der Waals surface area contributed by atoms with Crippen molar-refractivity contribution >= 4 is 23.5 Å². The number of furan rings is 1. The molecule has 0 bridgehead atoms. The molecule has 1 aromatic carbocycles. The summed E-state index contributed by atoms with van der Waals surface area (Å²) in [6, 6.07) is 12.6. The SMILES string of the molecule is CSc1nc(NNC(=O)c2ccco2)c(C)c(Oc2ccccc2)n1. The lowest BCUT2D eigenvalue weighted by Gasteiger charge is -2.14. The van der Waals surface area contributed by atoms with Gasteiger partial charge in [0, 0.05) is 0 Å². The van der Waals surface area contributed by atoms with E-state index >= 15 is 0 Å². The van der Waals surface area contributed by atoms with Crippen LogP contribution in [0.25, 0.3) is 0 Å². The van der Waals surface area contributed by atoms with Crippen LogP contribution >= 0.6 is 11.8 Å². The molecule has 25 heavy (non-hydrogen) atoms. The standard InChI is InChI=1S/C17H16N4O3S/c1-11-14(20-21-15(22)13-9-6-10-23-13)18-17(25-2)19-16(11)24-12-7-4-3-5-8-12/h3-10H,1-2H3,(H,21,22)(H,18,19,20). The van der Waals surface area contributed by atoms with Crippen molar-refractivity contribution in [2.75, 3.05) is 11.7 Å². The second kappa shape index (κ2) is 7.71. The largest absolute Gasteiger partial charge is 0.459 e. The van der Waals surface area contributed by atoms with Gasteiger partial charge < -0.3 is 9.15 Å². The Kier molecular flexibility index (Phi) is 5.20. The highest BCUT2D eigenvalue weighted by molar-refractivity contribution is 7.98. The van der Waals surface area contributed by atoms with Gasteiger partial charge in [0.2, 0.25) is 5.88 Å². The topological polar surface area (TPSA) is 89.3 Å². The molecule has 128 valence electrons. The molecule has 0 saturated heterocycles. The van der Waals surface area contributed by atoms with Gasteiger partial charge in [0.15, 0.2) is 16.7 Å². The van der Waals surface area contributed by atoms with E-state index < -0.39 is 5.91 Å². The van der Waals surface area contributed by atoms with E-state index in [1.807, 2.05) is 43.5 Å². The van der Waals surface area contributed by atoms with Crippen molar-refractivity contribution in [2.45, 2.75) is 12.1 Å². The summed E-state index contributed by atoms with van der Waals surface area (Å²) in [7, 11) is 0. The van der Waals surface area contributed by atoms with Crippen LogP contribution in [0.15, 0.2) is 58.3 Å². The lowest BCUT2D eigenvalue weighted by atomic mass is 10.3. The summed E-state index contributed by atoms with van der Waals surface area (Å²) < 4.78 is 10.9. The number of nitrogens with one attached hydrogen (secondary N) is 2. The molecule has 2 N–H and O–H groups in total. The molecule has 8 heteroatoms. The van der Waals surface area contributed by atoms with Gasteiger partial charge in [-0.05, 0) is 37.4 Å². The van der Waals surface area contributed by atoms with Crippen LogP contribution in [0.5, 0.6) is 11.6 Å². The first kappa shape index (κ1) is 16.8. The van der Waals surface area contributed by atoms with Crippen LogP contribution in [0, 0.1) is 6.92 Å². The average Bonchev–Trinajstić information content (AvgIpc) is 3.18. The Labute approximate surface area is 148 Å². The number of para-hydroxylation sites is 1. The number of nitrogens with zero attached hydrogens (tertiary/aromatic N) is 2. The summed E-state index contributed by atoms with van der Waals surface area (Å²) in [5.74, 6) is 1.33. The van der Waals surface area contributed by atoms with Gasteiger partial charge in [0.1, 0.15) is 5.75 Å². The third kappa shape index (κ3) is 4.10. The number of hydrogen-bond donors (Lipinski definition) is 2. The van der Waals surface area contributed by atoms with E-state index in [1.165, 1.54) is 18.0 Å². The van der Waals surface area contributed by atoms with E-state index in [0.29, 0.717) is 28.2 Å². The first-order valence-electron chi connectivity index (χ1n) is 7.43. The van der Waals surface area contributed by atoms with Crippen LogP contribution in [0.1, 0.15) is 16.1 Å². The zero-order valence-electron chi connectivity index (χ0n) is 13.6. The Balaban J connectivity index is 1.81. The number of rotatable bonds is 6. The third-order valence-electron chi connectivity index (χ3n) is 3.26. The minimum absolute atomic E-state index is 0.199. The third-order valence-corrected chi connectivity index (χ3v) is 3.81. The first-order valence-corrected chi connectivity index (χ1v) is 8.65. The number of benzene rings is 1. The Morgan fingerprint density at radius 1 is 1.16 bits per heavy atom. The van der Waals surface area contributed by atoms with Crippen LogP contribution in [0.2, 0.25) is 0 Å². The number of carbonyl (C=O) groups excluding carboxylic acids is 1. The number of amides is 1. The molecule has 0 saturated carbocycles. The second-order valence-electron chi connectivity index (χ2n) is 4.96. The quantitative estimate of drug-likeness (QED) is 0.396. The van der Waals surface area contributed by atoms with Crippen molar-refractivity contribution in [3.63, 3.8) is 0 Å². The van der Waals surface area contributed by atoms with Crippen molar-refractivity contribution < 1.29 is 13.9 Å². The fourth-order valence-corrected chi connectivity index (χ4v) is 2.33. The van der Waals surface area contributed by atoms with Gasteiger partial charge >= 0.3 is 5.91 Å². The molecule has 0 unspecified atom stereocenters. The zero-order valence-corrected chi connectivity index (χ0v) is 14.5. The summed E-state index contributed by atoms with van der Waals surface area (Å²) in [5.41, 5.74) is 6.01. The predicted molar refractivity (Wildman–Crippen MR) is 94.9 cm³/mol. The normalized spacial score (nSPS) is 10.3. The highest BCUT2D eigenvalue weighted by Crippen LogP contribution is 2.28. The van der Waals surface area contributed by atoms with Gasteiger partial charge in [-0.25, -0.2) is 4.98 Å². The van der Waals surface area contributed by atoms with Gasteiger partial charge in [-0.3, -0.25) is 15.6 Å². The number of hydrogen-bond acceptors (Lipinski definition) is 7. The van der Waals surface area contributed by atoms with Crippen molar-refractivity contribution in [1.29, 1.82) is 0 Å². The number of hydrazine groups is 1. The molecule has 0 aliphatic carbocycles. The van der Waals surface area contributed by atoms with E-state index in [1.54, 1.807) is 12.1 Å². The Morgan fingerprint density at radius 3 is 2.64 bits per heavy atom. The molecular formula is C17H16N4O3S. The molecule has 1 amide bonds. The molecular weight excluding hydrogens is 340 g/mol. The highest BCUT2D eigenvalue weighted by Gasteiger charge is 2.14. The van der Waals surface area contributed by atoms with E-state index in [0.717, 1.165) is 0 Å². The Bertz CT molecular complexity index is 854. The van der Waals surface area contributed by atoms with Crippen LogP contribution in [0.3, 0.4) is 0 Å². The molecule has 0 spiro atoms. The van der Waals surface area contributed by atoms with Crippen molar-refractivity contribution in [3.05, 3.63) is 60.1 Å². The van der Waals surface area contributed by atoms with Crippen molar-refractivity contribution in [1.82, 2.24) is 15.4 Å². The van der Waals surface area contributed by atoms with Gasteiger partial charge in [0.25, 0.3) is 0 Å². The maximum Gasteiger partial charge on any atom is 0.305 e. The maximum absolute atomic E-state index is 12.0. The summed E-state index contributed by atoms with van der Waals surface area (Å²) in [6.07, 6.45) is 3.30. The van der Waals surface area contributed by atoms with Crippen LogP contribution < -0.4 is 15.6 Å². The smallest absolute Gasteiger partial charge is 0.305 e. The fourth-order valence-electron chi connectivity index (χ4n) is 1.97. The van der Waals surface area contributed by atoms with Gasteiger partial charge in [0.05, 0.1) is 11.8 Å². The van der Waals surface area contributed by atoms with E-state index in [9.17, 15) is 4.79 Å². The first-order chi connectivity index (χ1) is 12.2. The number of ether oxygens (including phenoxy) is 1. The van der Waals surface area contributed by atoms with E-state index in [4.69, 9.17) is 9.15 Å². The predicted octanol–water partition coefficient (Wildman–Crippen LogP) is 3.65. The van der Waals surface area contributed by atoms with Crippen molar-refractivity contribution in [2.24, 2.45) is 0 Å². The molecule has 3 aromatic rings. The number of thioether (sulfide) groups is 1. The minimum Gasteiger partial charge on any atom is -0.459 e. The molecule has 7 nitrogen and oxygen atoms in total. The Morgan fingerprint density at radius 2 is 1.96 bits per heavy atom. The molecule has 2 aromatic heterocycles. The number of anilines is 1. The van der Waals surface area contributed by atoms with E-state index in [-0.39, 0.29) is 5.76 Å². The van der Waals surface area contributed by atoms with Gasteiger partial charge in [-0.1, -0.05) is 30.0 Å². The molecule has 0 fully saturated rings. The monoisotopic (exact) mass is 356 g/mol. The summed E-state index contributed by atoms with van der Waals surface area (Å²) in [6.45, 7) is 1.81. The lowest BCUT2D eigenvalue weighted by molar-refractivity contribution is 0.0935. The van der Waals surface area contributed by atoms with Gasteiger partial charge in [-0.15, -0.1) is 0 Å². The van der Waals surface area contributed by atoms with Crippen LogP contribution in [0.4, 0.5) is 5.82 Å². The molecule has 2 heterocycles. The Hall–Kier alpha value is -3.00. The van der Waals surface area contributed by atoms with Crippen LogP contribution in [-0.4, -0.2) is 22.1 Å². The fraction of sp³-hybridized carbons (Fsp3) is 0.118. The zero-order chi connectivity index (χ0) is 17.6. The molecule has 3 rings (SSSR count). The summed E-state index contributed by atoms with van der Waals surface area (Å²) in [5, 5.41) is 0.520. The number of aromatic nitrogens is 2. The highest BCUT2D eigenvalue weighted by atomic mass is 32.2. The maximum atomic E-state index is 12.0. The van der Waals surface area contributed by atoms with Crippen molar-refractivity contribution in [3.8, 4) is 11.6 Å². The number of carbonyl (C=O) groups is 1.